The van der Waals surface area contributed by atoms with Crippen molar-refractivity contribution in [3.8, 4) is 11.5 Å². The Bertz CT molecular complexity index is 1230. The lowest BCUT2D eigenvalue weighted by Gasteiger charge is -2.16. The van der Waals surface area contributed by atoms with Gasteiger partial charge >= 0.3 is 0 Å². The largest absolute Gasteiger partial charge is 0.493 e. The predicted molar refractivity (Wildman–Crippen MR) is 111 cm³/mol. The van der Waals surface area contributed by atoms with E-state index in [2.05, 4.69) is 10.0 Å². The van der Waals surface area contributed by atoms with Crippen LogP contribution in [0, 0.1) is 11.6 Å². The number of benzene rings is 3. The molecule has 0 aliphatic heterocycles. The van der Waals surface area contributed by atoms with Gasteiger partial charge in [0.05, 0.1) is 36.1 Å². The van der Waals surface area contributed by atoms with E-state index in [1.54, 1.807) is 0 Å². The summed E-state index contributed by atoms with van der Waals surface area (Å²) in [7, 11) is -1.78. The molecule has 0 aliphatic carbocycles. The van der Waals surface area contributed by atoms with Gasteiger partial charge in [0.2, 0.25) is 0 Å². The number of rotatable bonds is 7. The van der Waals surface area contributed by atoms with Crippen LogP contribution in [0.2, 0.25) is 0 Å². The van der Waals surface area contributed by atoms with Gasteiger partial charge in [-0.25, -0.2) is 17.2 Å². The van der Waals surface area contributed by atoms with Crippen molar-refractivity contribution in [1.29, 1.82) is 0 Å². The Hall–Kier alpha value is -3.66. The Labute approximate surface area is 177 Å². The molecule has 0 unspecified atom stereocenters. The van der Waals surface area contributed by atoms with Crippen molar-refractivity contribution in [2.24, 2.45) is 0 Å². The summed E-state index contributed by atoms with van der Waals surface area (Å²) >= 11 is 0. The average molecular weight is 448 g/mol. The van der Waals surface area contributed by atoms with Gasteiger partial charge < -0.3 is 14.8 Å². The number of hydrogen-bond donors (Lipinski definition) is 2. The predicted octanol–water partition coefficient (Wildman–Crippen LogP) is 4.04. The summed E-state index contributed by atoms with van der Waals surface area (Å²) in [6.45, 7) is 0. The van der Waals surface area contributed by atoms with E-state index in [0.29, 0.717) is 0 Å². The molecule has 0 spiro atoms. The SMILES string of the molecule is COc1cc(S(=O)(=O)Nc2ccccc2F)cc(C(=O)Nc2ccccc2F)c1OC. The molecule has 3 rings (SSSR count). The van der Waals surface area contributed by atoms with Crippen molar-refractivity contribution >= 4 is 27.3 Å². The standard InChI is InChI=1S/C21H18F2N2O5S/c1-29-19-12-13(31(27,28)25-18-10-6-4-8-16(18)23)11-14(20(19)30-2)21(26)24-17-9-5-3-7-15(17)22/h3-12,25H,1-2H3,(H,24,26). The van der Waals surface area contributed by atoms with Crippen LogP contribution in [-0.4, -0.2) is 28.5 Å². The maximum absolute atomic E-state index is 13.9. The number of halogens is 2. The van der Waals surface area contributed by atoms with Crippen LogP contribution in [0.4, 0.5) is 20.2 Å². The van der Waals surface area contributed by atoms with Crippen LogP contribution in [0.3, 0.4) is 0 Å². The van der Waals surface area contributed by atoms with Crippen LogP contribution in [-0.2, 0) is 10.0 Å². The number of carbonyl (C=O) groups is 1. The first-order chi connectivity index (χ1) is 14.8. The van der Waals surface area contributed by atoms with Crippen molar-refractivity contribution in [1.82, 2.24) is 0 Å². The lowest BCUT2D eigenvalue weighted by molar-refractivity contribution is 0.102. The Morgan fingerprint density at radius 3 is 2.00 bits per heavy atom. The van der Waals surface area contributed by atoms with Crippen molar-refractivity contribution < 1.29 is 31.5 Å². The van der Waals surface area contributed by atoms with Crippen molar-refractivity contribution in [3.05, 3.63) is 77.9 Å². The minimum atomic E-state index is -4.31. The Balaban J connectivity index is 2.06. The van der Waals surface area contributed by atoms with Crippen LogP contribution < -0.4 is 19.5 Å². The van der Waals surface area contributed by atoms with Crippen LogP contribution in [0.25, 0.3) is 0 Å². The minimum absolute atomic E-state index is 0.0545. The smallest absolute Gasteiger partial charge is 0.262 e. The number of amides is 1. The molecule has 0 aliphatic rings. The Kier molecular flexibility index (Phi) is 6.40. The maximum atomic E-state index is 13.9. The molecule has 0 atom stereocenters. The summed E-state index contributed by atoms with van der Waals surface area (Å²) < 4.78 is 66.0. The molecule has 0 aromatic heterocycles. The highest BCUT2D eigenvalue weighted by molar-refractivity contribution is 7.92. The Morgan fingerprint density at radius 1 is 0.871 bits per heavy atom. The van der Waals surface area contributed by atoms with Crippen LogP contribution in [0.5, 0.6) is 11.5 Å². The topological polar surface area (TPSA) is 93.7 Å². The molecule has 0 radical (unpaired) electrons. The number of anilines is 2. The number of ether oxygens (including phenoxy) is 2. The fraction of sp³-hybridized carbons (Fsp3) is 0.0952. The van der Waals surface area contributed by atoms with E-state index in [-0.39, 0.29) is 33.3 Å². The highest BCUT2D eigenvalue weighted by Crippen LogP contribution is 2.35. The quantitative estimate of drug-likeness (QED) is 0.569. The molecule has 10 heteroatoms. The highest BCUT2D eigenvalue weighted by atomic mass is 32.2. The Morgan fingerprint density at radius 2 is 1.45 bits per heavy atom. The van der Waals surface area contributed by atoms with Gasteiger partial charge in [-0.15, -0.1) is 0 Å². The van der Waals surface area contributed by atoms with Gasteiger partial charge in [-0.1, -0.05) is 24.3 Å². The van der Waals surface area contributed by atoms with E-state index in [1.807, 2.05) is 0 Å². The summed E-state index contributed by atoms with van der Waals surface area (Å²) in [4.78, 5) is 12.4. The number of nitrogens with one attached hydrogen (secondary N) is 2. The van der Waals surface area contributed by atoms with Gasteiger partial charge in [0.1, 0.15) is 11.6 Å². The molecular weight excluding hydrogens is 430 g/mol. The van der Waals surface area contributed by atoms with Gasteiger partial charge in [-0.2, -0.15) is 0 Å². The molecule has 0 heterocycles. The van der Waals surface area contributed by atoms with E-state index >= 15 is 0 Å². The molecule has 0 saturated heterocycles. The number of hydrogen-bond acceptors (Lipinski definition) is 5. The first kappa shape index (κ1) is 22.0. The molecule has 162 valence electrons. The summed E-state index contributed by atoms with van der Waals surface area (Å²) in [6.07, 6.45) is 0. The van der Waals surface area contributed by atoms with Gasteiger partial charge in [-0.3, -0.25) is 9.52 Å². The van der Waals surface area contributed by atoms with Gasteiger partial charge in [0.15, 0.2) is 11.5 Å². The van der Waals surface area contributed by atoms with E-state index in [4.69, 9.17) is 9.47 Å². The van der Waals surface area contributed by atoms with Gasteiger partial charge in [-0.05, 0) is 30.3 Å². The lowest BCUT2D eigenvalue weighted by atomic mass is 10.1. The third-order valence-electron chi connectivity index (χ3n) is 4.25. The molecule has 3 aromatic carbocycles. The molecule has 0 fully saturated rings. The second kappa shape index (κ2) is 9.00. The summed E-state index contributed by atoms with van der Waals surface area (Å²) in [5.41, 5.74) is -0.597. The second-order valence-corrected chi connectivity index (χ2v) is 7.91. The normalized spacial score (nSPS) is 11.0. The average Bonchev–Trinajstić information content (AvgIpc) is 2.75. The molecule has 0 bridgehead atoms. The van der Waals surface area contributed by atoms with Gasteiger partial charge in [0.25, 0.3) is 15.9 Å². The van der Waals surface area contributed by atoms with Crippen LogP contribution >= 0.6 is 0 Å². The number of sulfonamides is 1. The van der Waals surface area contributed by atoms with E-state index in [9.17, 15) is 22.0 Å². The molecule has 31 heavy (non-hydrogen) atoms. The third-order valence-corrected chi connectivity index (χ3v) is 5.59. The molecule has 1 amide bonds. The van der Waals surface area contributed by atoms with Crippen molar-refractivity contribution in [2.45, 2.75) is 4.90 Å². The number of carbonyl (C=O) groups excluding carboxylic acids is 1. The second-order valence-electron chi connectivity index (χ2n) is 6.23. The van der Waals surface area contributed by atoms with E-state index in [0.717, 1.165) is 24.3 Å². The summed E-state index contributed by atoms with van der Waals surface area (Å²) in [6, 6.07) is 12.9. The third kappa shape index (κ3) is 4.75. The lowest BCUT2D eigenvalue weighted by Crippen LogP contribution is -2.18. The maximum Gasteiger partial charge on any atom is 0.262 e. The molecular formula is C21H18F2N2O5S. The minimum Gasteiger partial charge on any atom is -0.493 e. The van der Waals surface area contributed by atoms with Gasteiger partial charge in [0, 0.05) is 6.07 Å². The molecule has 0 saturated carbocycles. The fourth-order valence-electron chi connectivity index (χ4n) is 2.76. The monoisotopic (exact) mass is 448 g/mol. The summed E-state index contributed by atoms with van der Waals surface area (Å²) in [5.74, 6) is -2.39. The van der Waals surface area contributed by atoms with E-state index in [1.165, 1.54) is 50.6 Å². The first-order valence-corrected chi connectivity index (χ1v) is 10.3. The molecule has 7 nitrogen and oxygen atoms in total. The highest BCUT2D eigenvalue weighted by Gasteiger charge is 2.25. The van der Waals surface area contributed by atoms with Crippen molar-refractivity contribution in [3.63, 3.8) is 0 Å². The zero-order chi connectivity index (χ0) is 22.6. The number of methoxy groups -OCH3 is 2. The van der Waals surface area contributed by atoms with E-state index < -0.39 is 27.6 Å². The first-order valence-electron chi connectivity index (χ1n) is 8.86. The summed E-state index contributed by atoms with van der Waals surface area (Å²) in [5, 5.41) is 2.37. The molecule has 2 N–H and O–H groups in total. The zero-order valence-electron chi connectivity index (χ0n) is 16.5. The van der Waals surface area contributed by atoms with Crippen molar-refractivity contribution in [2.75, 3.05) is 24.3 Å². The fourth-order valence-corrected chi connectivity index (χ4v) is 3.87. The zero-order valence-corrected chi connectivity index (χ0v) is 17.3. The number of para-hydroxylation sites is 2. The van der Waals surface area contributed by atoms with Crippen LogP contribution in [0.15, 0.2) is 65.6 Å². The van der Waals surface area contributed by atoms with Crippen LogP contribution in [0.1, 0.15) is 10.4 Å². The molecule has 3 aromatic rings.